The first-order valence-electron chi connectivity index (χ1n) is 6.38. The number of hydrogen-bond donors (Lipinski definition) is 2. The fourth-order valence-electron chi connectivity index (χ4n) is 2.85. The van der Waals surface area contributed by atoms with Gasteiger partial charge in [-0.05, 0) is 25.9 Å². The third-order valence-electron chi connectivity index (χ3n) is 3.84. The Hall–Kier alpha value is -0.170. The Kier molecular flexibility index (Phi) is 4.07. The first kappa shape index (κ1) is 13.3. The number of nitrogens with one attached hydrogen (secondary N) is 1. The summed E-state index contributed by atoms with van der Waals surface area (Å²) in [5.74, 6) is -0.0141. The Balaban J connectivity index is 1.82. The Morgan fingerprint density at radius 3 is 2.76 bits per heavy atom. The SMILES string of the molecule is CCN1CCCC1CN[C@@H]1CS(=O)(=O)C[C@H]1O. The molecule has 0 aromatic rings. The maximum absolute atomic E-state index is 11.4. The summed E-state index contributed by atoms with van der Waals surface area (Å²) < 4.78 is 22.7. The molecule has 0 radical (unpaired) electrons. The van der Waals surface area contributed by atoms with Gasteiger partial charge in [-0.15, -0.1) is 0 Å². The van der Waals surface area contributed by atoms with Gasteiger partial charge in [-0.25, -0.2) is 8.42 Å². The van der Waals surface area contributed by atoms with E-state index < -0.39 is 15.9 Å². The summed E-state index contributed by atoms with van der Waals surface area (Å²) in [5, 5.41) is 12.9. The summed E-state index contributed by atoms with van der Waals surface area (Å²) in [6, 6.07) is 0.217. The predicted molar refractivity (Wildman–Crippen MR) is 66.7 cm³/mol. The number of hydrogen-bond acceptors (Lipinski definition) is 5. The van der Waals surface area contributed by atoms with E-state index in [4.69, 9.17) is 0 Å². The van der Waals surface area contributed by atoms with Crippen molar-refractivity contribution in [3.63, 3.8) is 0 Å². The minimum Gasteiger partial charge on any atom is -0.390 e. The van der Waals surface area contributed by atoms with Crippen LogP contribution in [0.4, 0.5) is 0 Å². The van der Waals surface area contributed by atoms with Crippen LogP contribution in [0.2, 0.25) is 0 Å². The third kappa shape index (κ3) is 3.19. The molecule has 3 atom stereocenters. The van der Waals surface area contributed by atoms with Crippen molar-refractivity contribution in [1.29, 1.82) is 0 Å². The second-order valence-corrected chi connectivity index (χ2v) is 7.24. The van der Waals surface area contributed by atoms with E-state index in [1.807, 2.05) is 0 Å². The molecule has 0 bridgehead atoms. The molecule has 2 aliphatic heterocycles. The Morgan fingerprint density at radius 1 is 1.41 bits per heavy atom. The number of aliphatic hydroxyl groups excluding tert-OH is 1. The van der Waals surface area contributed by atoms with Crippen molar-refractivity contribution in [2.45, 2.75) is 38.0 Å². The smallest absolute Gasteiger partial charge is 0.154 e. The highest BCUT2D eigenvalue weighted by molar-refractivity contribution is 7.91. The summed E-state index contributed by atoms with van der Waals surface area (Å²) in [5.41, 5.74) is 0. The lowest BCUT2D eigenvalue weighted by Gasteiger charge is -2.25. The van der Waals surface area contributed by atoms with Crippen LogP contribution in [0.15, 0.2) is 0 Å². The maximum atomic E-state index is 11.4. The maximum Gasteiger partial charge on any atom is 0.154 e. The quantitative estimate of drug-likeness (QED) is 0.695. The molecule has 1 unspecified atom stereocenters. The normalized spacial score (nSPS) is 37.6. The molecule has 0 aromatic heterocycles. The molecule has 0 spiro atoms. The minimum absolute atomic E-state index is 0.0764. The summed E-state index contributed by atoms with van der Waals surface area (Å²) in [7, 11) is -3.04. The van der Waals surface area contributed by atoms with Gasteiger partial charge in [0.05, 0.1) is 17.6 Å². The molecular weight excluding hydrogens is 240 g/mol. The lowest BCUT2D eigenvalue weighted by atomic mass is 10.1. The zero-order valence-electron chi connectivity index (χ0n) is 10.3. The van der Waals surface area contributed by atoms with Crippen molar-refractivity contribution in [3.05, 3.63) is 0 Å². The van der Waals surface area contributed by atoms with E-state index in [1.165, 1.54) is 6.42 Å². The number of aliphatic hydroxyl groups is 1. The van der Waals surface area contributed by atoms with Gasteiger partial charge in [-0.2, -0.15) is 0 Å². The van der Waals surface area contributed by atoms with Crippen molar-refractivity contribution in [3.8, 4) is 0 Å². The molecule has 2 fully saturated rings. The molecule has 2 heterocycles. The number of likely N-dealkylation sites (N-methyl/N-ethyl adjacent to an activating group) is 1. The summed E-state index contributed by atoms with van der Waals surface area (Å²) >= 11 is 0. The molecule has 0 saturated carbocycles. The second kappa shape index (κ2) is 5.22. The first-order valence-corrected chi connectivity index (χ1v) is 8.20. The van der Waals surface area contributed by atoms with Crippen molar-refractivity contribution in [2.75, 3.05) is 31.1 Å². The van der Waals surface area contributed by atoms with Crippen LogP contribution in [-0.2, 0) is 9.84 Å². The number of sulfone groups is 1. The van der Waals surface area contributed by atoms with Crippen LogP contribution in [0.1, 0.15) is 19.8 Å². The van der Waals surface area contributed by atoms with E-state index in [1.54, 1.807) is 0 Å². The zero-order valence-corrected chi connectivity index (χ0v) is 11.1. The largest absolute Gasteiger partial charge is 0.390 e. The second-order valence-electron chi connectivity index (χ2n) is 5.08. The van der Waals surface area contributed by atoms with Gasteiger partial charge in [-0.1, -0.05) is 6.92 Å². The molecule has 0 aromatic carbocycles. The van der Waals surface area contributed by atoms with Gasteiger partial charge < -0.3 is 10.4 Å². The van der Waals surface area contributed by atoms with Gasteiger partial charge >= 0.3 is 0 Å². The molecule has 17 heavy (non-hydrogen) atoms. The van der Waals surface area contributed by atoms with Crippen molar-refractivity contribution in [1.82, 2.24) is 10.2 Å². The summed E-state index contributed by atoms with van der Waals surface area (Å²) in [6.07, 6.45) is 1.64. The summed E-state index contributed by atoms with van der Waals surface area (Å²) in [6.45, 7) is 5.10. The Morgan fingerprint density at radius 2 is 2.18 bits per heavy atom. The monoisotopic (exact) mass is 262 g/mol. The summed E-state index contributed by atoms with van der Waals surface area (Å²) in [4.78, 5) is 2.41. The lowest BCUT2D eigenvalue weighted by molar-refractivity contribution is 0.158. The third-order valence-corrected chi connectivity index (χ3v) is 5.56. The van der Waals surface area contributed by atoms with E-state index in [9.17, 15) is 13.5 Å². The van der Waals surface area contributed by atoms with E-state index in [0.717, 1.165) is 26.1 Å². The Labute approximate surface area is 103 Å². The van der Waals surface area contributed by atoms with Crippen molar-refractivity contribution >= 4 is 9.84 Å². The van der Waals surface area contributed by atoms with Crippen LogP contribution in [0.25, 0.3) is 0 Å². The van der Waals surface area contributed by atoms with Crippen LogP contribution in [0.3, 0.4) is 0 Å². The highest BCUT2D eigenvalue weighted by atomic mass is 32.2. The highest BCUT2D eigenvalue weighted by Gasteiger charge is 2.36. The molecule has 2 N–H and O–H groups in total. The van der Waals surface area contributed by atoms with E-state index in [2.05, 4.69) is 17.1 Å². The molecule has 2 rings (SSSR count). The minimum atomic E-state index is -3.04. The van der Waals surface area contributed by atoms with E-state index in [-0.39, 0.29) is 17.5 Å². The van der Waals surface area contributed by atoms with Crippen LogP contribution in [0.5, 0.6) is 0 Å². The van der Waals surface area contributed by atoms with Crippen LogP contribution in [-0.4, -0.2) is 67.8 Å². The zero-order chi connectivity index (χ0) is 12.5. The molecule has 6 heteroatoms. The van der Waals surface area contributed by atoms with Gasteiger partial charge in [-0.3, -0.25) is 4.90 Å². The van der Waals surface area contributed by atoms with Crippen molar-refractivity contribution in [2.24, 2.45) is 0 Å². The van der Waals surface area contributed by atoms with Crippen LogP contribution in [0, 0.1) is 0 Å². The van der Waals surface area contributed by atoms with Gasteiger partial charge in [0.15, 0.2) is 9.84 Å². The molecule has 0 aliphatic carbocycles. The van der Waals surface area contributed by atoms with E-state index >= 15 is 0 Å². The molecule has 2 saturated heterocycles. The number of rotatable bonds is 4. The number of likely N-dealkylation sites (tertiary alicyclic amines) is 1. The molecular formula is C11H22N2O3S. The molecule has 0 amide bonds. The Bertz CT molecular complexity index is 358. The van der Waals surface area contributed by atoms with Crippen LogP contribution >= 0.6 is 0 Å². The lowest BCUT2D eigenvalue weighted by Crippen LogP contribution is -2.46. The average molecular weight is 262 g/mol. The molecule has 100 valence electrons. The topological polar surface area (TPSA) is 69.6 Å². The van der Waals surface area contributed by atoms with Crippen LogP contribution < -0.4 is 5.32 Å². The van der Waals surface area contributed by atoms with E-state index in [0.29, 0.717) is 6.04 Å². The highest BCUT2D eigenvalue weighted by Crippen LogP contribution is 2.17. The fraction of sp³-hybridized carbons (Fsp3) is 1.00. The first-order chi connectivity index (χ1) is 8.02. The van der Waals surface area contributed by atoms with Crippen molar-refractivity contribution < 1.29 is 13.5 Å². The van der Waals surface area contributed by atoms with Gasteiger partial charge in [0.25, 0.3) is 0 Å². The molecule has 2 aliphatic rings. The predicted octanol–water partition coefficient (Wildman–Crippen LogP) is -0.782. The van der Waals surface area contributed by atoms with Gasteiger partial charge in [0, 0.05) is 18.6 Å². The fourth-order valence-corrected chi connectivity index (χ4v) is 4.63. The van der Waals surface area contributed by atoms with Gasteiger partial charge in [0.2, 0.25) is 0 Å². The molecule has 5 nitrogen and oxygen atoms in total. The number of nitrogens with zero attached hydrogens (tertiary/aromatic N) is 1. The standard InChI is InChI=1S/C11H22N2O3S/c1-2-13-5-3-4-9(13)6-12-10-7-17(15,16)8-11(10)14/h9-12,14H,2-8H2,1H3/t9?,10-,11-/m1/s1. The van der Waals surface area contributed by atoms with Gasteiger partial charge in [0.1, 0.15) is 0 Å². The average Bonchev–Trinajstić information content (AvgIpc) is 2.79.